The number of rotatable bonds is 7. The molecule has 0 aliphatic rings. The summed E-state index contributed by atoms with van der Waals surface area (Å²) in [5, 5.41) is 12.9. The molecule has 2 aromatic rings. The van der Waals surface area contributed by atoms with Gasteiger partial charge in [0.1, 0.15) is 36.0 Å². The summed E-state index contributed by atoms with van der Waals surface area (Å²) >= 11 is 0. The van der Waals surface area contributed by atoms with Crippen LogP contribution in [0.25, 0.3) is 0 Å². The number of carboxylic acids is 1. The Morgan fingerprint density at radius 2 is 2.10 bits per heavy atom. The first-order valence-corrected chi connectivity index (χ1v) is 6.11. The standard InChI is InChI=1S/C14H15NO6/c1-18-8-11-5-9(15-21-11)7-20-13-6-10(19-2)3-4-12(13)14(16)17/h3-6H,7-8H2,1-2H3,(H,16,17). The highest BCUT2D eigenvalue weighted by Gasteiger charge is 2.13. The van der Waals surface area contributed by atoms with E-state index in [9.17, 15) is 4.79 Å². The van der Waals surface area contributed by atoms with Crippen molar-refractivity contribution in [3.8, 4) is 11.5 Å². The molecule has 0 saturated carbocycles. The Balaban J connectivity index is 2.12. The van der Waals surface area contributed by atoms with Crippen molar-refractivity contribution in [1.29, 1.82) is 0 Å². The summed E-state index contributed by atoms with van der Waals surface area (Å²) in [6, 6.07) is 6.18. The highest BCUT2D eigenvalue weighted by atomic mass is 16.5. The highest BCUT2D eigenvalue weighted by molar-refractivity contribution is 5.91. The van der Waals surface area contributed by atoms with Crippen LogP contribution >= 0.6 is 0 Å². The molecule has 0 spiro atoms. The van der Waals surface area contributed by atoms with Crippen LogP contribution in [0.15, 0.2) is 28.8 Å². The van der Waals surface area contributed by atoms with Gasteiger partial charge in [0.05, 0.1) is 7.11 Å². The van der Waals surface area contributed by atoms with Gasteiger partial charge >= 0.3 is 5.97 Å². The average Bonchev–Trinajstić information content (AvgIpc) is 2.92. The lowest BCUT2D eigenvalue weighted by molar-refractivity contribution is 0.0691. The molecule has 0 bridgehead atoms. The SMILES string of the molecule is COCc1cc(COc2cc(OC)ccc2C(=O)O)no1. The summed E-state index contributed by atoms with van der Waals surface area (Å²) in [7, 11) is 3.04. The van der Waals surface area contributed by atoms with Gasteiger partial charge in [-0.15, -0.1) is 0 Å². The van der Waals surface area contributed by atoms with E-state index in [0.29, 0.717) is 23.8 Å². The van der Waals surface area contributed by atoms with Gasteiger partial charge in [-0.25, -0.2) is 4.79 Å². The summed E-state index contributed by atoms with van der Waals surface area (Å²) in [5.74, 6) is 0.210. The Bertz CT molecular complexity index is 622. The Hall–Kier alpha value is -2.54. The fraction of sp³-hybridized carbons (Fsp3) is 0.286. The van der Waals surface area contributed by atoms with Crippen LogP contribution in [0.1, 0.15) is 21.8 Å². The van der Waals surface area contributed by atoms with Crippen molar-refractivity contribution < 1.29 is 28.6 Å². The average molecular weight is 293 g/mol. The molecule has 7 nitrogen and oxygen atoms in total. The first-order chi connectivity index (χ1) is 10.1. The van der Waals surface area contributed by atoms with Crippen LogP contribution in [0.3, 0.4) is 0 Å². The van der Waals surface area contributed by atoms with Crippen LogP contribution in [0.5, 0.6) is 11.5 Å². The maximum absolute atomic E-state index is 11.2. The molecule has 0 atom stereocenters. The summed E-state index contributed by atoms with van der Waals surface area (Å²) in [6.45, 7) is 0.396. The second-order valence-electron chi connectivity index (χ2n) is 4.17. The molecule has 1 heterocycles. The van der Waals surface area contributed by atoms with Crippen LogP contribution in [0, 0.1) is 0 Å². The van der Waals surface area contributed by atoms with Gasteiger partial charge in [-0.3, -0.25) is 0 Å². The maximum Gasteiger partial charge on any atom is 0.339 e. The van der Waals surface area contributed by atoms with Crippen molar-refractivity contribution >= 4 is 5.97 Å². The van der Waals surface area contributed by atoms with E-state index in [0.717, 1.165) is 0 Å². The second-order valence-corrected chi connectivity index (χ2v) is 4.17. The topological polar surface area (TPSA) is 91.0 Å². The maximum atomic E-state index is 11.2. The van der Waals surface area contributed by atoms with Crippen LogP contribution < -0.4 is 9.47 Å². The number of benzene rings is 1. The van der Waals surface area contributed by atoms with Crippen molar-refractivity contribution in [2.45, 2.75) is 13.2 Å². The third-order valence-corrected chi connectivity index (χ3v) is 2.69. The first-order valence-electron chi connectivity index (χ1n) is 6.11. The lowest BCUT2D eigenvalue weighted by Crippen LogP contribution is -2.04. The molecule has 7 heteroatoms. The van der Waals surface area contributed by atoms with Gasteiger partial charge in [-0.1, -0.05) is 5.16 Å². The third kappa shape index (κ3) is 3.73. The summed E-state index contributed by atoms with van der Waals surface area (Å²) in [6.07, 6.45) is 0. The molecule has 0 amide bonds. The largest absolute Gasteiger partial charge is 0.497 e. The molecule has 0 saturated heterocycles. The van der Waals surface area contributed by atoms with E-state index < -0.39 is 5.97 Å². The number of hydrogen-bond donors (Lipinski definition) is 1. The van der Waals surface area contributed by atoms with Crippen molar-refractivity contribution in [3.05, 3.63) is 41.3 Å². The number of ether oxygens (including phenoxy) is 3. The zero-order valence-corrected chi connectivity index (χ0v) is 11.7. The van der Waals surface area contributed by atoms with Gasteiger partial charge < -0.3 is 23.8 Å². The minimum Gasteiger partial charge on any atom is -0.497 e. The minimum atomic E-state index is -1.08. The van der Waals surface area contributed by atoms with Gasteiger partial charge in [0, 0.05) is 19.2 Å². The quantitative estimate of drug-likeness (QED) is 0.835. The fourth-order valence-electron chi connectivity index (χ4n) is 1.71. The molecule has 1 aromatic heterocycles. The predicted octanol–water partition coefficient (Wildman–Crippen LogP) is 2.11. The van der Waals surface area contributed by atoms with E-state index >= 15 is 0 Å². The van der Waals surface area contributed by atoms with Gasteiger partial charge in [0.2, 0.25) is 0 Å². The van der Waals surface area contributed by atoms with E-state index in [1.54, 1.807) is 19.2 Å². The number of methoxy groups -OCH3 is 2. The van der Waals surface area contributed by atoms with Gasteiger partial charge in [0.25, 0.3) is 0 Å². The van der Waals surface area contributed by atoms with E-state index in [4.69, 9.17) is 23.8 Å². The smallest absolute Gasteiger partial charge is 0.339 e. The molecule has 0 aliphatic heterocycles. The van der Waals surface area contributed by atoms with E-state index in [-0.39, 0.29) is 17.9 Å². The minimum absolute atomic E-state index is 0.0522. The lowest BCUT2D eigenvalue weighted by atomic mass is 10.2. The van der Waals surface area contributed by atoms with Crippen molar-refractivity contribution in [2.24, 2.45) is 0 Å². The van der Waals surface area contributed by atoms with Crippen molar-refractivity contribution in [3.63, 3.8) is 0 Å². The Kier molecular flexibility index (Phi) is 4.78. The zero-order valence-electron chi connectivity index (χ0n) is 11.7. The number of aromatic nitrogens is 1. The van der Waals surface area contributed by atoms with Gasteiger partial charge in [0.15, 0.2) is 5.76 Å². The molecule has 1 aromatic carbocycles. The number of carbonyl (C=O) groups is 1. The van der Waals surface area contributed by atoms with Gasteiger partial charge in [-0.2, -0.15) is 0 Å². The van der Waals surface area contributed by atoms with Crippen LogP contribution in [0.2, 0.25) is 0 Å². The first kappa shape index (κ1) is 14.9. The van der Waals surface area contributed by atoms with Crippen molar-refractivity contribution in [1.82, 2.24) is 5.16 Å². The fourth-order valence-corrected chi connectivity index (χ4v) is 1.71. The molecule has 0 radical (unpaired) electrons. The molecule has 1 N–H and O–H groups in total. The predicted molar refractivity (Wildman–Crippen MR) is 71.5 cm³/mol. The Morgan fingerprint density at radius 1 is 1.29 bits per heavy atom. The second kappa shape index (κ2) is 6.76. The molecule has 0 aliphatic carbocycles. The molecule has 2 rings (SSSR count). The van der Waals surface area contributed by atoms with Crippen LogP contribution in [-0.4, -0.2) is 30.5 Å². The number of hydrogen-bond acceptors (Lipinski definition) is 6. The number of nitrogens with zero attached hydrogens (tertiary/aromatic N) is 1. The van der Waals surface area contributed by atoms with E-state index in [1.165, 1.54) is 19.2 Å². The molecular formula is C14H15NO6. The summed E-state index contributed by atoms with van der Waals surface area (Å²) in [4.78, 5) is 11.2. The van der Waals surface area contributed by atoms with Gasteiger partial charge in [-0.05, 0) is 12.1 Å². The molecule has 0 fully saturated rings. The van der Waals surface area contributed by atoms with Crippen LogP contribution in [-0.2, 0) is 18.0 Å². The Labute approximate surface area is 121 Å². The van der Waals surface area contributed by atoms with E-state index in [1.807, 2.05) is 0 Å². The summed E-state index contributed by atoms with van der Waals surface area (Å²) < 4.78 is 20.5. The highest BCUT2D eigenvalue weighted by Crippen LogP contribution is 2.25. The molecule has 21 heavy (non-hydrogen) atoms. The molecule has 0 unspecified atom stereocenters. The lowest BCUT2D eigenvalue weighted by Gasteiger charge is -2.09. The zero-order chi connectivity index (χ0) is 15.2. The number of aromatic carboxylic acids is 1. The normalized spacial score (nSPS) is 10.4. The molecule has 112 valence electrons. The Morgan fingerprint density at radius 3 is 2.76 bits per heavy atom. The van der Waals surface area contributed by atoms with Crippen molar-refractivity contribution in [2.75, 3.05) is 14.2 Å². The summed E-state index contributed by atoms with van der Waals surface area (Å²) in [5.41, 5.74) is 0.595. The third-order valence-electron chi connectivity index (χ3n) is 2.69. The van der Waals surface area contributed by atoms with E-state index in [2.05, 4.69) is 5.16 Å². The molecular weight excluding hydrogens is 278 g/mol. The van der Waals surface area contributed by atoms with Crippen LogP contribution in [0.4, 0.5) is 0 Å². The number of carboxylic acid groups (broad SMARTS) is 1. The monoisotopic (exact) mass is 293 g/mol.